The number of hydrogen-bond donors (Lipinski definition) is 1. The van der Waals surface area contributed by atoms with Gasteiger partial charge in [0.15, 0.2) is 0 Å². The molecule has 0 aliphatic rings. The minimum atomic E-state index is -0.155. The summed E-state index contributed by atoms with van der Waals surface area (Å²) in [6.45, 7) is 0. The van der Waals surface area contributed by atoms with E-state index in [1.807, 2.05) is 24.3 Å². The van der Waals surface area contributed by atoms with Crippen molar-refractivity contribution in [2.75, 3.05) is 5.32 Å². The maximum Gasteiger partial charge on any atom is 0.257 e. The van der Waals surface area contributed by atoms with Gasteiger partial charge in [-0.05, 0) is 30.5 Å². The van der Waals surface area contributed by atoms with Crippen molar-refractivity contribution in [2.45, 2.75) is 19.3 Å². The second-order valence-electron chi connectivity index (χ2n) is 5.16. The highest BCUT2D eigenvalue weighted by Gasteiger charge is 2.09. The molecule has 1 heterocycles. The van der Waals surface area contributed by atoms with Crippen molar-refractivity contribution >= 4 is 22.4 Å². The Kier molecular flexibility index (Phi) is 5.11. The summed E-state index contributed by atoms with van der Waals surface area (Å²) < 4.78 is 0. The SMILES string of the molecule is O=C(Nc1nnc(CCCc2ccccc2)s1)c1ccccc1. The molecule has 1 aromatic heterocycles. The number of nitrogens with zero attached hydrogens (tertiary/aromatic N) is 2. The minimum Gasteiger partial charge on any atom is -0.296 e. The number of benzene rings is 2. The van der Waals surface area contributed by atoms with Crippen LogP contribution in [-0.2, 0) is 12.8 Å². The fourth-order valence-corrected chi connectivity index (χ4v) is 3.03. The molecule has 1 N–H and O–H groups in total. The normalized spacial score (nSPS) is 10.4. The maximum absolute atomic E-state index is 12.1. The van der Waals surface area contributed by atoms with Crippen LogP contribution >= 0.6 is 11.3 Å². The predicted molar refractivity (Wildman–Crippen MR) is 92.8 cm³/mol. The number of anilines is 1. The summed E-state index contributed by atoms with van der Waals surface area (Å²) in [5.74, 6) is -0.155. The Labute approximate surface area is 139 Å². The van der Waals surface area contributed by atoms with Gasteiger partial charge in [-0.1, -0.05) is 59.9 Å². The number of aromatic nitrogens is 2. The molecule has 0 unspecified atom stereocenters. The highest BCUT2D eigenvalue weighted by molar-refractivity contribution is 7.15. The first-order valence-corrected chi connectivity index (χ1v) is 8.35. The summed E-state index contributed by atoms with van der Waals surface area (Å²) in [5.41, 5.74) is 1.95. The summed E-state index contributed by atoms with van der Waals surface area (Å²) in [6, 6.07) is 19.5. The molecule has 0 bridgehead atoms. The van der Waals surface area contributed by atoms with Crippen molar-refractivity contribution < 1.29 is 4.79 Å². The number of amides is 1. The molecule has 3 rings (SSSR count). The lowest BCUT2D eigenvalue weighted by Crippen LogP contribution is -2.11. The molecule has 0 radical (unpaired) electrons. The molecule has 0 aliphatic carbocycles. The lowest BCUT2D eigenvalue weighted by Gasteiger charge is -2.00. The van der Waals surface area contributed by atoms with Gasteiger partial charge in [-0.15, -0.1) is 10.2 Å². The van der Waals surface area contributed by atoms with Crippen LogP contribution in [0.1, 0.15) is 27.3 Å². The molecule has 116 valence electrons. The zero-order valence-electron chi connectivity index (χ0n) is 12.6. The number of hydrogen-bond acceptors (Lipinski definition) is 4. The van der Waals surface area contributed by atoms with E-state index in [9.17, 15) is 4.79 Å². The van der Waals surface area contributed by atoms with Gasteiger partial charge in [0.05, 0.1) is 0 Å². The first-order chi connectivity index (χ1) is 11.3. The Balaban J connectivity index is 1.51. The molecule has 0 saturated carbocycles. The third-order valence-electron chi connectivity index (χ3n) is 3.42. The van der Waals surface area contributed by atoms with E-state index in [4.69, 9.17) is 0 Å². The van der Waals surface area contributed by atoms with Crippen molar-refractivity contribution in [3.63, 3.8) is 0 Å². The van der Waals surface area contributed by atoms with E-state index in [2.05, 4.69) is 39.8 Å². The van der Waals surface area contributed by atoms with Crippen molar-refractivity contribution in [2.24, 2.45) is 0 Å². The number of carbonyl (C=O) groups excluding carboxylic acids is 1. The van der Waals surface area contributed by atoms with Crippen molar-refractivity contribution in [3.05, 3.63) is 76.8 Å². The van der Waals surface area contributed by atoms with Crippen LogP contribution in [0.4, 0.5) is 5.13 Å². The summed E-state index contributed by atoms with van der Waals surface area (Å²) >= 11 is 1.44. The standard InChI is InChI=1S/C18H17N3OS/c22-17(15-11-5-2-6-12-15)19-18-21-20-16(23-18)13-7-10-14-8-3-1-4-9-14/h1-6,8-9,11-12H,7,10,13H2,(H,19,21,22). The lowest BCUT2D eigenvalue weighted by atomic mass is 10.1. The van der Waals surface area contributed by atoms with Crippen LogP contribution in [0, 0.1) is 0 Å². The van der Waals surface area contributed by atoms with Crippen LogP contribution in [0.25, 0.3) is 0 Å². The summed E-state index contributed by atoms with van der Waals surface area (Å²) in [4.78, 5) is 12.1. The van der Waals surface area contributed by atoms with E-state index in [0.29, 0.717) is 10.7 Å². The summed E-state index contributed by atoms with van der Waals surface area (Å²) in [5, 5.41) is 12.5. The van der Waals surface area contributed by atoms with Gasteiger partial charge in [0.25, 0.3) is 5.91 Å². The van der Waals surface area contributed by atoms with Gasteiger partial charge in [0.1, 0.15) is 5.01 Å². The average molecular weight is 323 g/mol. The maximum atomic E-state index is 12.1. The van der Waals surface area contributed by atoms with E-state index < -0.39 is 0 Å². The van der Waals surface area contributed by atoms with Gasteiger partial charge in [0.2, 0.25) is 5.13 Å². The first-order valence-electron chi connectivity index (χ1n) is 7.54. The predicted octanol–water partition coefficient (Wildman–Crippen LogP) is 3.97. The molecule has 0 fully saturated rings. The Morgan fingerprint density at radius 1 is 0.913 bits per heavy atom. The van der Waals surface area contributed by atoms with Gasteiger partial charge in [-0.3, -0.25) is 10.1 Å². The fraction of sp³-hybridized carbons (Fsp3) is 0.167. The quantitative estimate of drug-likeness (QED) is 0.747. The Morgan fingerprint density at radius 2 is 1.61 bits per heavy atom. The van der Waals surface area contributed by atoms with Crippen LogP contribution in [0.5, 0.6) is 0 Å². The smallest absolute Gasteiger partial charge is 0.257 e. The Morgan fingerprint density at radius 3 is 2.35 bits per heavy atom. The molecular weight excluding hydrogens is 306 g/mol. The van der Waals surface area contributed by atoms with Gasteiger partial charge in [-0.25, -0.2) is 0 Å². The third-order valence-corrected chi connectivity index (χ3v) is 4.32. The molecule has 1 amide bonds. The van der Waals surface area contributed by atoms with E-state index in [-0.39, 0.29) is 5.91 Å². The Hall–Kier alpha value is -2.53. The highest BCUT2D eigenvalue weighted by Crippen LogP contribution is 2.18. The molecule has 2 aromatic carbocycles. The molecule has 3 aromatic rings. The van der Waals surface area contributed by atoms with Gasteiger partial charge < -0.3 is 0 Å². The van der Waals surface area contributed by atoms with E-state index in [1.165, 1.54) is 16.9 Å². The van der Waals surface area contributed by atoms with Crippen molar-refractivity contribution in [3.8, 4) is 0 Å². The molecule has 0 aliphatic heterocycles. The van der Waals surface area contributed by atoms with Crippen LogP contribution in [0.2, 0.25) is 0 Å². The highest BCUT2D eigenvalue weighted by atomic mass is 32.1. The van der Waals surface area contributed by atoms with E-state index in [1.54, 1.807) is 12.1 Å². The minimum absolute atomic E-state index is 0.155. The van der Waals surface area contributed by atoms with E-state index in [0.717, 1.165) is 24.3 Å². The largest absolute Gasteiger partial charge is 0.296 e. The summed E-state index contributed by atoms with van der Waals surface area (Å²) in [7, 11) is 0. The number of aryl methyl sites for hydroxylation is 2. The van der Waals surface area contributed by atoms with Crippen LogP contribution in [0.3, 0.4) is 0 Å². The molecule has 0 spiro atoms. The molecule has 0 atom stereocenters. The van der Waals surface area contributed by atoms with E-state index >= 15 is 0 Å². The van der Waals surface area contributed by atoms with Gasteiger partial charge >= 0.3 is 0 Å². The fourth-order valence-electron chi connectivity index (χ4n) is 2.25. The number of rotatable bonds is 6. The summed E-state index contributed by atoms with van der Waals surface area (Å²) in [6.07, 6.45) is 2.91. The zero-order valence-corrected chi connectivity index (χ0v) is 13.4. The second kappa shape index (κ2) is 7.65. The first kappa shape index (κ1) is 15.4. The monoisotopic (exact) mass is 323 g/mol. The third kappa shape index (κ3) is 4.47. The zero-order chi connectivity index (χ0) is 15.9. The topological polar surface area (TPSA) is 54.9 Å². The molecule has 4 nitrogen and oxygen atoms in total. The van der Waals surface area contributed by atoms with Gasteiger partial charge in [-0.2, -0.15) is 0 Å². The number of nitrogens with one attached hydrogen (secondary N) is 1. The average Bonchev–Trinajstić information content (AvgIpc) is 3.04. The van der Waals surface area contributed by atoms with Crippen LogP contribution < -0.4 is 5.32 Å². The van der Waals surface area contributed by atoms with Crippen molar-refractivity contribution in [1.29, 1.82) is 0 Å². The Bertz CT molecular complexity index is 756. The molecule has 5 heteroatoms. The van der Waals surface area contributed by atoms with Crippen molar-refractivity contribution in [1.82, 2.24) is 10.2 Å². The molecular formula is C18H17N3OS. The second-order valence-corrected chi connectivity index (χ2v) is 6.22. The van der Waals surface area contributed by atoms with Gasteiger partial charge in [0, 0.05) is 12.0 Å². The van der Waals surface area contributed by atoms with Crippen LogP contribution in [0.15, 0.2) is 60.7 Å². The molecule has 0 saturated heterocycles. The lowest BCUT2D eigenvalue weighted by molar-refractivity contribution is 0.102. The number of carbonyl (C=O) groups is 1. The molecule has 23 heavy (non-hydrogen) atoms. The van der Waals surface area contributed by atoms with Crippen LogP contribution in [-0.4, -0.2) is 16.1 Å².